The number of H-pyrrole nitrogens is 1. The average Bonchev–Trinajstić information content (AvgIpc) is 2.90. The van der Waals surface area contributed by atoms with E-state index in [2.05, 4.69) is 34.1 Å². The summed E-state index contributed by atoms with van der Waals surface area (Å²) in [6.07, 6.45) is 6.84. The van der Waals surface area contributed by atoms with Crippen LogP contribution in [0, 0.1) is 20.8 Å². The molecule has 1 saturated heterocycles. The lowest BCUT2D eigenvalue weighted by Gasteiger charge is -2.43. The number of carbonyl (C=O) groups is 1. The number of aryl methyl sites for hydroxylation is 2. The number of pyridine rings is 1. The molecular weight excluding hydrogens is 500 g/mol. The summed E-state index contributed by atoms with van der Waals surface area (Å²) in [5.41, 5.74) is 4.58. The number of aromatic amines is 1. The second kappa shape index (κ2) is 12.7. The smallest absolute Gasteiger partial charge is 0.253 e. The third-order valence-electron chi connectivity index (χ3n) is 8.61. The number of hydrogen-bond donors (Lipinski definition) is 2. The predicted octanol–water partition coefficient (Wildman–Crippen LogP) is 5.13. The molecule has 4 rings (SSSR count). The molecule has 8 heteroatoms. The van der Waals surface area contributed by atoms with E-state index in [0.29, 0.717) is 34.3 Å². The Morgan fingerprint density at radius 3 is 2.29 bits per heavy atom. The zero-order chi connectivity index (χ0) is 27.4. The minimum Gasteiger partial charge on any atom is -0.381 e. The van der Waals surface area contributed by atoms with Crippen LogP contribution in [0.4, 0.5) is 5.69 Å². The van der Waals surface area contributed by atoms with Crippen LogP contribution in [-0.4, -0.2) is 60.7 Å². The van der Waals surface area contributed by atoms with E-state index in [0.717, 1.165) is 68.0 Å². The zero-order valence-electron chi connectivity index (χ0n) is 23.5. The van der Waals surface area contributed by atoms with Crippen LogP contribution in [0.3, 0.4) is 0 Å². The van der Waals surface area contributed by atoms with Gasteiger partial charge in [0.25, 0.3) is 11.5 Å². The standard InChI is InChI=1S/C30H43ClN4O3/c1-6-35(25-9-7-23(8-10-25)34(5)24-11-13-38-14-12-24)28-17-22(31)16-26(21(28)4)29(36)32-18-27-19(2)15-20(3)33-30(27)37/h15-17,23-25H,6-14,18H2,1-5H3,(H,32,36)(H,33,37). The summed E-state index contributed by atoms with van der Waals surface area (Å²) in [7, 11) is 2.29. The highest BCUT2D eigenvalue weighted by Gasteiger charge is 2.31. The molecule has 0 atom stereocenters. The molecule has 1 aromatic heterocycles. The maximum atomic E-state index is 13.3. The monoisotopic (exact) mass is 542 g/mol. The molecule has 1 saturated carbocycles. The third-order valence-corrected chi connectivity index (χ3v) is 8.83. The molecule has 2 fully saturated rings. The Morgan fingerprint density at radius 2 is 1.66 bits per heavy atom. The van der Waals surface area contributed by atoms with Gasteiger partial charge >= 0.3 is 0 Å². The van der Waals surface area contributed by atoms with Crippen LogP contribution in [0.2, 0.25) is 5.02 Å². The molecule has 1 aromatic carbocycles. The van der Waals surface area contributed by atoms with Crippen LogP contribution in [0.5, 0.6) is 0 Å². The van der Waals surface area contributed by atoms with Gasteiger partial charge in [-0.25, -0.2) is 0 Å². The van der Waals surface area contributed by atoms with Crippen LogP contribution in [0.25, 0.3) is 0 Å². The molecule has 0 radical (unpaired) electrons. The number of nitrogens with zero attached hydrogens (tertiary/aromatic N) is 2. The Hall–Kier alpha value is -2.35. The van der Waals surface area contributed by atoms with Crippen molar-refractivity contribution in [2.45, 2.75) is 90.9 Å². The van der Waals surface area contributed by atoms with Gasteiger partial charge in [-0.15, -0.1) is 0 Å². The first-order chi connectivity index (χ1) is 18.2. The maximum absolute atomic E-state index is 13.3. The molecule has 208 valence electrons. The van der Waals surface area contributed by atoms with Crippen molar-refractivity contribution < 1.29 is 9.53 Å². The molecular formula is C30H43ClN4O3. The van der Waals surface area contributed by atoms with Gasteiger partial charge in [-0.1, -0.05) is 11.6 Å². The van der Waals surface area contributed by atoms with Gasteiger partial charge in [0.05, 0.1) is 0 Å². The van der Waals surface area contributed by atoms with Gasteiger partial charge in [-0.3, -0.25) is 9.59 Å². The SMILES string of the molecule is CCN(c1cc(Cl)cc(C(=O)NCc2c(C)cc(C)[nH]c2=O)c1C)C1CCC(N(C)C2CCOCC2)CC1. The number of nitrogens with one attached hydrogen (secondary N) is 2. The molecule has 1 aliphatic carbocycles. The molecule has 2 aromatic rings. The number of ether oxygens (including phenoxy) is 1. The molecule has 7 nitrogen and oxygen atoms in total. The fourth-order valence-electron chi connectivity index (χ4n) is 6.36. The summed E-state index contributed by atoms with van der Waals surface area (Å²) >= 11 is 6.56. The van der Waals surface area contributed by atoms with E-state index >= 15 is 0 Å². The Morgan fingerprint density at radius 1 is 1.03 bits per heavy atom. The van der Waals surface area contributed by atoms with Crippen LogP contribution < -0.4 is 15.8 Å². The fourth-order valence-corrected chi connectivity index (χ4v) is 6.57. The van der Waals surface area contributed by atoms with E-state index in [4.69, 9.17) is 16.3 Å². The molecule has 0 unspecified atom stereocenters. The normalized spacial score (nSPS) is 20.5. The van der Waals surface area contributed by atoms with E-state index in [-0.39, 0.29) is 18.0 Å². The minimum atomic E-state index is -0.219. The van der Waals surface area contributed by atoms with E-state index in [1.54, 1.807) is 6.07 Å². The lowest BCUT2D eigenvalue weighted by molar-refractivity contribution is 0.0209. The maximum Gasteiger partial charge on any atom is 0.253 e. The molecule has 2 aliphatic rings. The highest BCUT2D eigenvalue weighted by Crippen LogP contribution is 2.35. The number of rotatable bonds is 8. The van der Waals surface area contributed by atoms with E-state index in [1.807, 2.05) is 32.9 Å². The van der Waals surface area contributed by atoms with Gasteiger partial charge in [0, 0.05) is 72.0 Å². The van der Waals surface area contributed by atoms with Crippen molar-refractivity contribution in [2.75, 3.05) is 31.7 Å². The van der Waals surface area contributed by atoms with Crippen molar-refractivity contribution >= 4 is 23.2 Å². The summed E-state index contributed by atoms with van der Waals surface area (Å²) in [6, 6.07) is 7.30. The van der Waals surface area contributed by atoms with Crippen molar-refractivity contribution in [3.05, 3.63) is 61.5 Å². The van der Waals surface area contributed by atoms with Crippen molar-refractivity contribution in [2.24, 2.45) is 0 Å². The summed E-state index contributed by atoms with van der Waals surface area (Å²) in [6.45, 7) is 10.7. The highest BCUT2D eigenvalue weighted by atomic mass is 35.5. The van der Waals surface area contributed by atoms with Crippen molar-refractivity contribution in [3.63, 3.8) is 0 Å². The molecule has 1 aliphatic heterocycles. The number of halogens is 1. The molecule has 38 heavy (non-hydrogen) atoms. The van der Waals surface area contributed by atoms with Crippen molar-refractivity contribution in [1.82, 2.24) is 15.2 Å². The van der Waals surface area contributed by atoms with Gasteiger partial charge < -0.3 is 24.8 Å². The van der Waals surface area contributed by atoms with Crippen LogP contribution in [-0.2, 0) is 11.3 Å². The number of hydrogen-bond acceptors (Lipinski definition) is 5. The first kappa shape index (κ1) is 28.7. The predicted molar refractivity (Wildman–Crippen MR) is 155 cm³/mol. The summed E-state index contributed by atoms with van der Waals surface area (Å²) in [4.78, 5) is 33.5. The minimum absolute atomic E-state index is 0.165. The van der Waals surface area contributed by atoms with Gasteiger partial charge in [0.15, 0.2) is 0 Å². The number of carbonyl (C=O) groups excluding carboxylic acids is 1. The summed E-state index contributed by atoms with van der Waals surface area (Å²) in [5, 5.41) is 3.49. The van der Waals surface area contributed by atoms with Gasteiger partial charge in [0.2, 0.25) is 0 Å². The van der Waals surface area contributed by atoms with Gasteiger partial charge in [-0.05, 0) is 103 Å². The number of anilines is 1. The first-order valence-corrected chi connectivity index (χ1v) is 14.4. The summed E-state index contributed by atoms with van der Waals surface area (Å²) in [5.74, 6) is -0.219. The second-order valence-corrected chi connectivity index (χ2v) is 11.4. The second-order valence-electron chi connectivity index (χ2n) is 11.0. The quantitative estimate of drug-likeness (QED) is 0.483. The topological polar surface area (TPSA) is 77.7 Å². The Bertz CT molecular complexity index is 1180. The molecule has 0 bridgehead atoms. The van der Waals surface area contributed by atoms with Crippen LogP contribution in [0.1, 0.15) is 78.2 Å². The largest absolute Gasteiger partial charge is 0.381 e. The number of amides is 1. The number of benzene rings is 1. The molecule has 1 amide bonds. The van der Waals surface area contributed by atoms with Crippen LogP contribution in [0.15, 0.2) is 23.0 Å². The van der Waals surface area contributed by atoms with Gasteiger partial charge in [0.1, 0.15) is 0 Å². The van der Waals surface area contributed by atoms with Crippen molar-refractivity contribution in [3.8, 4) is 0 Å². The number of aromatic nitrogens is 1. The Kier molecular flexibility index (Phi) is 9.55. The third kappa shape index (κ3) is 6.44. The lowest BCUT2D eigenvalue weighted by atomic mass is 9.87. The molecule has 2 N–H and O–H groups in total. The summed E-state index contributed by atoms with van der Waals surface area (Å²) < 4.78 is 5.56. The zero-order valence-corrected chi connectivity index (χ0v) is 24.3. The first-order valence-electron chi connectivity index (χ1n) is 14.0. The Labute approximate surface area is 231 Å². The van der Waals surface area contributed by atoms with E-state index in [1.165, 1.54) is 12.8 Å². The van der Waals surface area contributed by atoms with Crippen LogP contribution >= 0.6 is 11.6 Å². The fraction of sp³-hybridized carbons (Fsp3) is 0.600. The van der Waals surface area contributed by atoms with E-state index in [9.17, 15) is 9.59 Å². The Balaban J connectivity index is 1.46. The lowest BCUT2D eigenvalue weighted by Crippen LogP contribution is -2.47. The average molecular weight is 543 g/mol. The molecule has 2 heterocycles. The molecule has 0 spiro atoms. The van der Waals surface area contributed by atoms with E-state index < -0.39 is 0 Å². The highest BCUT2D eigenvalue weighted by molar-refractivity contribution is 6.31. The van der Waals surface area contributed by atoms with Crippen molar-refractivity contribution in [1.29, 1.82) is 0 Å². The van der Waals surface area contributed by atoms with Gasteiger partial charge in [-0.2, -0.15) is 0 Å².